The molecule has 0 unspecified atom stereocenters. The molecule has 6 nitrogen and oxygen atoms in total. The number of amides is 1. The average molecular weight is 384 g/mol. The van der Waals surface area contributed by atoms with Crippen molar-refractivity contribution in [3.8, 4) is 5.75 Å². The Labute approximate surface area is 168 Å². The van der Waals surface area contributed by atoms with Crippen LogP contribution in [0.4, 0.5) is 17.2 Å². The van der Waals surface area contributed by atoms with Gasteiger partial charge in [-0.3, -0.25) is 9.78 Å². The van der Waals surface area contributed by atoms with Crippen LogP contribution in [-0.4, -0.2) is 22.5 Å². The molecule has 29 heavy (non-hydrogen) atoms. The van der Waals surface area contributed by atoms with Crippen LogP contribution in [0.25, 0.3) is 10.9 Å². The number of ether oxygens (including phenoxy) is 1. The Balaban J connectivity index is 1.45. The second-order valence-corrected chi connectivity index (χ2v) is 6.35. The van der Waals surface area contributed by atoms with Crippen LogP contribution in [0.3, 0.4) is 0 Å². The summed E-state index contributed by atoms with van der Waals surface area (Å²) in [5, 5.41) is 7.09. The first-order valence-corrected chi connectivity index (χ1v) is 9.34. The molecule has 2 N–H and O–H groups in total. The lowest BCUT2D eigenvalue weighted by Gasteiger charge is -2.09. The number of rotatable bonds is 6. The van der Waals surface area contributed by atoms with Crippen molar-refractivity contribution in [2.75, 3.05) is 17.2 Å². The second kappa shape index (κ2) is 8.39. The number of anilines is 3. The van der Waals surface area contributed by atoms with Crippen molar-refractivity contribution in [2.45, 2.75) is 6.92 Å². The summed E-state index contributed by atoms with van der Waals surface area (Å²) >= 11 is 0. The molecule has 4 rings (SSSR count). The number of pyridine rings is 2. The summed E-state index contributed by atoms with van der Waals surface area (Å²) in [5.74, 6) is 1.24. The van der Waals surface area contributed by atoms with Crippen molar-refractivity contribution in [3.05, 3.63) is 84.7 Å². The lowest BCUT2D eigenvalue weighted by Crippen LogP contribution is -2.12. The van der Waals surface area contributed by atoms with Crippen LogP contribution in [-0.2, 0) is 0 Å². The number of aromatic nitrogens is 2. The van der Waals surface area contributed by atoms with Gasteiger partial charge in [0.1, 0.15) is 11.6 Å². The van der Waals surface area contributed by atoms with E-state index in [0.29, 0.717) is 23.7 Å². The third-order valence-electron chi connectivity index (χ3n) is 4.34. The Bertz CT molecular complexity index is 1120. The Kier molecular flexibility index (Phi) is 5.33. The minimum atomic E-state index is -0.233. The summed E-state index contributed by atoms with van der Waals surface area (Å²) in [5.41, 5.74) is 2.78. The molecule has 0 spiro atoms. The summed E-state index contributed by atoms with van der Waals surface area (Å²) in [7, 11) is 0. The molecule has 4 aromatic rings. The number of carbonyl (C=O) groups excluding carboxylic acids is 1. The number of nitrogens with zero attached hydrogens (tertiary/aromatic N) is 2. The molecule has 0 saturated carbocycles. The van der Waals surface area contributed by atoms with Gasteiger partial charge in [-0.1, -0.05) is 18.2 Å². The summed E-state index contributed by atoms with van der Waals surface area (Å²) in [6, 6.07) is 20.6. The van der Waals surface area contributed by atoms with Crippen LogP contribution in [0, 0.1) is 0 Å². The molecule has 0 radical (unpaired) electrons. The van der Waals surface area contributed by atoms with Gasteiger partial charge in [-0.2, -0.15) is 0 Å². The third-order valence-corrected chi connectivity index (χ3v) is 4.34. The molecule has 0 saturated heterocycles. The first-order chi connectivity index (χ1) is 14.2. The molecular formula is C23H20N4O2. The highest BCUT2D eigenvalue weighted by atomic mass is 16.5. The van der Waals surface area contributed by atoms with Gasteiger partial charge in [0.2, 0.25) is 0 Å². The number of hydrogen-bond acceptors (Lipinski definition) is 5. The number of carbonyl (C=O) groups is 1. The molecule has 0 atom stereocenters. The van der Waals surface area contributed by atoms with Crippen molar-refractivity contribution in [3.63, 3.8) is 0 Å². The predicted molar refractivity (Wildman–Crippen MR) is 115 cm³/mol. The summed E-state index contributed by atoms with van der Waals surface area (Å²) in [6.45, 7) is 2.58. The fourth-order valence-corrected chi connectivity index (χ4v) is 2.95. The van der Waals surface area contributed by atoms with E-state index in [4.69, 9.17) is 4.74 Å². The van der Waals surface area contributed by atoms with E-state index in [1.807, 2.05) is 61.5 Å². The van der Waals surface area contributed by atoms with Gasteiger partial charge in [0.15, 0.2) is 0 Å². The molecule has 144 valence electrons. The number of fused-ring (bicyclic) bond motifs is 1. The molecule has 0 aliphatic carbocycles. The van der Waals surface area contributed by atoms with E-state index in [-0.39, 0.29) is 5.91 Å². The maximum Gasteiger partial charge on any atom is 0.257 e. The van der Waals surface area contributed by atoms with Gasteiger partial charge >= 0.3 is 0 Å². The van der Waals surface area contributed by atoms with E-state index in [1.165, 1.54) is 0 Å². The maximum atomic E-state index is 12.6. The molecular weight excluding hydrogens is 364 g/mol. The minimum Gasteiger partial charge on any atom is -0.494 e. The largest absolute Gasteiger partial charge is 0.494 e. The Morgan fingerprint density at radius 1 is 0.966 bits per heavy atom. The molecule has 0 fully saturated rings. The van der Waals surface area contributed by atoms with Crippen LogP contribution >= 0.6 is 0 Å². The van der Waals surface area contributed by atoms with Crippen molar-refractivity contribution in [2.24, 2.45) is 0 Å². The van der Waals surface area contributed by atoms with E-state index in [9.17, 15) is 4.79 Å². The van der Waals surface area contributed by atoms with Crippen molar-refractivity contribution >= 4 is 34.0 Å². The number of para-hydroxylation sites is 1. The first kappa shape index (κ1) is 18.4. The smallest absolute Gasteiger partial charge is 0.257 e. The van der Waals surface area contributed by atoms with Crippen LogP contribution in [0.5, 0.6) is 5.75 Å². The van der Waals surface area contributed by atoms with Crippen molar-refractivity contribution in [1.29, 1.82) is 0 Å². The maximum absolute atomic E-state index is 12.6. The van der Waals surface area contributed by atoms with Gasteiger partial charge in [0.25, 0.3) is 5.91 Å². The molecule has 6 heteroatoms. The number of hydrogen-bond donors (Lipinski definition) is 2. The van der Waals surface area contributed by atoms with E-state index >= 15 is 0 Å². The van der Waals surface area contributed by atoms with E-state index < -0.39 is 0 Å². The zero-order chi connectivity index (χ0) is 20.1. The minimum absolute atomic E-state index is 0.233. The zero-order valence-corrected chi connectivity index (χ0v) is 15.9. The highest BCUT2D eigenvalue weighted by Gasteiger charge is 2.10. The van der Waals surface area contributed by atoms with Crippen LogP contribution in [0.15, 0.2) is 79.1 Å². The molecule has 0 aliphatic heterocycles. The van der Waals surface area contributed by atoms with Gasteiger partial charge in [-0.05, 0) is 55.5 Å². The second-order valence-electron chi connectivity index (χ2n) is 6.35. The molecule has 1 amide bonds. The number of benzene rings is 2. The quantitative estimate of drug-likeness (QED) is 0.488. The van der Waals surface area contributed by atoms with Gasteiger partial charge in [0, 0.05) is 23.5 Å². The SMILES string of the molecule is CCOc1ccc(Nc2ccc(C(=O)Nc3cccc4cccnc34)cn2)cc1. The van der Waals surface area contributed by atoms with Crippen LogP contribution < -0.4 is 15.4 Å². The first-order valence-electron chi connectivity index (χ1n) is 9.34. The van der Waals surface area contributed by atoms with Crippen molar-refractivity contribution < 1.29 is 9.53 Å². The van der Waals surface area contributed by atoms with E-state index in [2.05, 4.69) is 20.6 Å². The fourth-order valence-electron chi connectivity index (χ4n) is 2.95. The standard InChI is InChI=1S/C23H20N4O2/c1-2-29-19-11-9-18(10-12-19)26-21-13-8-17(15-25-21)23(28)27-20-7-3-5-16-6-4-14-24-22(16)20/h3-15H,2H2,1H3,(H,25,26)(H,27,28). The lowest BCUT2D eigenvalue weighted by atomic mass is 10.2. The Morgan fingerprint density at radius 2 is 1.79 bits per heavy atom. The normalized spacial score (nSPS) is 10.5. The monoisotopic (exact) mass is 384 g/mol. The van der Waals surface area contributed by atoms with Crippen molar-refractivity contribution in [1.82, 2.24) is 9.97 Å². The zero-order valence-electron chi connectivity index (χ0n) is 15.9. The summed E-state index contributed by atoms with van der Waals surface area (Å²) in [6.07, 6.45) is 3.26. The van der Waals surface area contributed by atoms with Gasteiger partial charge in [-0.25, -0.2) is 4.98 Å². The number of nitrogens with one attached hydrogen (secondary N) is 2. The molecule has 0 bridgehead atoms. The highest BCUT2D eigenvalue weighted by Crippen LogP contribution is 2.22. The topological polar surface area (TPSA) is 76.1 Å². The van der Waals surface area contributed by atoms with Gasteiger partial charge in [0.05, 0.1) is 23.4 Å². The van der Waals surface area contributed by atoms with Crippen LogP contribution in [0.2, 0.25) is 0 Å². The molecule has 2 heterocycles. The third kappa shape index (κ3) is 4.32. The molecule has 2 aromatic carbocycles. The average Bonchev–Trinajstić information content (AvgIpc) is 2.76. The summed E-state index contributed by atoms with van der Waals surface area (Å²) < 4.78 is 5.44. The highest BCUT2D eigenvalue weighted by molar-refractivity contribution is 6.08. The van der Waals surface area contributed by atoms with Crippen LogP contribution in [0.1, 0.15) is 17.3 Å². The fraction of sp³-hybridized carbons (Fsp3) is 0.0870. The Hall–Kier alpha value is -3.93. The van der Waals surface area contributed by atoms with E-state index in [0.717, 1.165) is 22.3 Å². The Morgan fingerprint density at radius 3 is 2.55 bits per heavy atom. The molecule has 0 aliphatic rings. The lowest BCUT2D eigenvalue weighted by molar-refractivity contribution is 0.102. The molecule has 2 aromatic heterocycles. The van der Waals surface area contributed by atoms with E-state index in [1.54, 1.807) is 24.5 Å². The predicted octanol–water partition coefficient (Wildman–Crippen LogP) is 5.02. The summed E-state index contributed by atoms with van der Waals surface area (Å²) in [4.78, 5) is 21.3. The van der Waals surface area contributed by atoms with Gasteiger partial charge in [-0.15, -0.1) is 0 Å². The van der Waals surface area contributed by atoms with Gasteiger partial charge < -0.3 is 15.4 Å².